The Hall–Kier alpha value is -4.19. The molecule has 0 saturated carbocycles. The molecular formula is C73H122O6. The number of ether oxygens (including phenoxy) is 3. The first-order chi connectivity index (χ1) is 39.0. The molecule has 450 valence electrons. The molecule has 0 aliphatic heterocycles. The minimum Gasteiger partial charge on any atom is -0.462 e. The van der Waals surface area contributed by atoms with E-state index in [1.54, 1.807) is 0 Å². The standard InChI is InChI=1S/C73H122O6/c1-4-7-10-13-16-19-22-25-27-29-31-33-34-35-36-37-38-40-41-43-45-48-51-54-57-60-63-66-72(75)78-69-70(68-77-71(74)65-62-59-56-53-50-47-24-21-18-15-12-9-6-3)79-73(76)67-64-61-58-55-52-49-46-44-42-39-32-30-28-26-23-20-17-14-11-8-5-2/h8-9,11-12,17-18,20-21,26,28,32,39,44,46-47,50,52,55-56,59,70H,4-7,10,13-16,19,22-25,27,29-31,33-38,40-43,45,48-49,51,53-54,57-58,60-69H2,1-3H3/b11-8-,12-9-,20-17-,21-18-,28-26-,39-32-,46-44-,50-47-,55-52-,59-56-. The second kappa shape index (κ2) is 66.3. The van der Waals surface area contributed by atoms with Gasteiger partial charge in [-0.2, -0.15) is 0 Å². The highest BCUT2D eigenvalue weighted by molar-refractivity contribution is 5.71. The first-order valence-electron chi connectivity index (χ1n) is 33.0. The summed E-state index contributed by atoms with van der Waals surface area (Å²) in [6.45, 7) is 6.34. The van der Waals surface area contributed by atoms with Crippen molar-refractivity contribution in [1.82, 2.24) is 0 Å². The SMILES string of the molecule is CC/C=C\C/C=C\C/C=C\C/C=C\C/C=C\C/C=C\CCCCC(=O)OC(COC(=O)CC/C=C\C/C=C\C/C=C\C/C=C\CC)COC(=O)CCCCCCCCCCCCCCCCCCCCCCCCCCCCC. The second-order valence-corrected chi connectivity index (χ2v) is 21.6. The fourth-order valence-electron chi connectivity index (χ4n) is 9.11. The van der Waals surface area contributed by atoms with Gasteiger partial charge in [-0.3, -0.25) is 14.4 Å². The third kappa shape index (κ3) is 64.5. The van der Waals surface area contributed by atoms with Gasteiger partial charge in [-0.1, -0.05) is 309 Å². The molecule has 0 saturated heterocycles. The van der Waals surface area contributed by atoms with E-state index in [1.807, 2.05) is 12.2 Å². The summed E-state index contributed by atoms with van der Waals surface area (Å²) in [5, 5.41) is 0. The highest BCUT2D eigenvalue weighted by Gasteiger charge is 2.19. The third-order valence-electron chi connectivity index (χ3n) is 14.0. The van der Waals surface area contributed by atoms with Crippen molar-refractivity contribution >= 4 is 17.9 Å². The molecule has 0 spiro atoms. The summed E-state index contributed by atoms with van der Waals surface area (Å²) < 4.78 is 16.8. The van der Waals surface area contributed by atoms with Crippen molar-refractivity contribution in [3.8, 4) is 0 Å². The Morgan fingerprint density at radius 2 is 0.519 bits per heavy atom. The molecule has 0 N–H and O–H groups in total. The van der Waals surface area contributed by atoms with Gasteiger partial charge in [-0.05, 0) is 96.3 Å². The lowest BCUT2D eigenvalue weighted by atomic mass is 10.0. The van der Waals surface area contributed by atoms with Crippen molar-refractivity contribution in [3.63, 3.8) is 0 Å². The van der Waals surface area contributed by atoms with Crippen LogP contribution in [-0.2, 0) is 28.6 Å². The zero-order valence-electron chi connectivity index (χ0n) is 51.6. The van der Waals surface area contributed by atoms with Crippen molar-refractivity contribution < 1.29 is 28.6 Å². The Morgan fingerprint density at radius 1 is 0.266 bits per heavy atom. The summed E-state index contributed by atoms with van der Waals surface area (Å²) in [5.41, 5.74) is 0. The van der Waals surface area contributed by atoms with E-state index in [2.05, 4.69) is 130 Å². The van der Waals surface area contributed by atoms with E-state index in [-0.39, 0.29) is 44.0 Å². The lowest BCUT2D eigenvalue weighted by Crippen LogP contribution is -2.30. The molecule has 0 rings (SSSR count). The van der Waals surface area contributed by atoms with Crippen LogP contribution in [0.25, 0.3) is 0 Å². The molecule has 0 aromatic rings. The van der Waals surface area contributed by atoms with Crippen LogP contribution in [0.3, 0.4) is 0 Å². The summed E-state index contributed by atoms with van der Waals surface area (Å²) in [5.74, 6) is -1.04. The van der Waals surface area contributed by atoms with Crippen LogP contribution in [0, 0.1) is 0 Å². The van der Waals surface area contributed by atoms with Gasteiger partial charge in [-0.15, -0.1) is 0 Å². The van der Waals surface area contributed by atoms with Crippen molar-refractivity contribution in [2.24, 2.45) is 0 Å². The van der Waals surface area contributed by atoms with Crippen molar-refractivity contribution in [3.05, 3.63) is 122 Å². The highest BCUT2D eigenvalue weighted by Crippen LogP contribution is 2.17. The van der Waals surface area contributed by atoms with Gasteiger partial charge in [-0.25, -0.2) is 0 Å². The maximum atomic E-state index is 12.9. The molecule has 1 atom stereocenters. The average molecular weight is 1100 g/mol. The summed E-state index contributed by atoms with van der Waals surface area (Å²) >= 11 is 0. The van der Waals surface area contributed by atoms with E-state index in [1.165, 1.54) is 154 Å². The van der Waals surface area contributed by atoms with Crippen molar-refractivity contribution in [2.75, 3.05) is 13.2 Å². The number of unbranched alkanes of at least 4 members (excludes halogenated alkanes) is 28. The molecule has 1 unspecified atom stereocenters. The van der Waals surface area contributed by atoms with E-state index in [9.17, 15) is 14.4 Å². The number of rotatable bonds is 59. The predicted molar refractivity (Wildman–Crippen MR) is 343 cm³/mol. The maximum Gasteiger partial charge on any atom is 0.306 e. The fourth-order valence-corrected chi connectivity index (χ4v) is 9.11. The van der Waals surface area contributed by atoms with Gasteiger partial charge in [0.25, 0.3) is 0 Å². The van der Waals surface area contributed by atoms with E-state index in [0.29, 0.717) is 19.3 Å². The molecular weight excluding hydrogens is 973 g/mol. The van der Waals surface area contributed by atoms with Crippen molar-refractivity contribution in [2.45, 2.75) is 309 Å². The van der Waals surface area contributed by atoms with E-state index < -0.39 is 6.10 Å². The fraction of sp³-hybridized carbons (Fsp3) is 0.685. The molecule has 6 nitrogen and oxygen atoms in total. The summed E-state index contributed by atoms with van der Waals surface area (Å²) in [7, 11) is 0. The molecule has 0 heterocycles. The van der Waals surface area contributed by atoms with Crippen LogP contribution in [-0.4, -0.2) is 37.2 Å². The molecule has 0 aromatic heterocycles. The van der Waals surface area contributed by atoms with Gasteiger partial charge in [0.05, 0.1) is 0 Å². The van der Waals surface area contributed by atoms with Gasteiger partial charge in [0.2, 0.25) is 0 Å². The summed E-state index contributed by atoms with van der Waals surface area (Å²) in [6, 6.07) is 0. The Morgan fingerprint density at radius 3 is 0.848 bits per heavy atom. The Labute approximate surface area is 488 Å². The number of hydrogen-bond donors (Lipinski definition) is 0. The molecule has 0 fully saturated rings. The monoisotopic (exact) mass is 1090 g/mol. The van der Waals surface area contributed by atoms with Crippen LogP contribution in [0.1, 0.15) is 303 Å². The predicted octanol–water partition coefficient (Wildman–Crippen LogP) is 22.8. The van der Waals surface area contributed by atoms with Crippen LogP contribution in [0.15, 0.2) is 122 Å². The number of esters is 3. The van der Waals surface area contributed by atoms with E-state index in [4.69, 9.17) is 14.2 Å². The van der Waals surface area contributed by atoms with Gasteiger partial charge in [0, 0.05) is 19.3 Å². The Balaban J connectivity index is 4.37. The number of carbonyl (C=O) groups excluding carboxylic acids is 3. The average Bonchev–Trinajstić information content (AvgIpc) is 3.45. The lowest BCUT2D eigenvalue weighted by molar-refractivity contribution is -0.166. The van der Waals surface area contributed by atoms with Crippen molar-refractivity contribution in [1.29, 1.82) is 0 Å². The largest absolute Gasteiger partial charge is 0.462 e. The molecule has 0 aromatic carbocycles. The summed E-state index contributed by atoms with van der Waals surface area (Å²) in [4.78, 5) is 38.3. The molecule has 0 aliphatic rings. The first kappa shape index (κ1) is 74.8. The Bertz CT molecular complexity index is 1640. The molecule has 0 radical (unpaired) electrons. The van der Waals surface area contributed by atoms with Gasteiger partial charge in [0.1, 0.15) is 13.2 Å². The minimum atomic E-state index is -0.833. The molecule has 0 aliphatic carbocycles. The number of hydrogen-bond acceptors (Lipinski definition) is 6. The van der Waals surface area contributed by atoms with Crippen LogP contribution in [0.2, 0.25) is 0 Å². The third-order valence-corrected chi connectivity index (χ3v) is 14.0. The zero-order valence-corrected chi connectivity index (χ0v) is 51.6. The smallest absolute Gasteiger partial charge is 0.306 e. The van der Waals surface area contributed by atoms with Gasteiger partial charge in [0.15, 0.2) is 6.10 Å². The highest BCUT2D eigenvalue weighted by atomic mass is 16.6. The minimum absolute atomic E-state index is 0.118. The van der Waals surface area contributed by atoms with E-state index >= 15 is 0 Å². The molecule has 0 amide bonds. The lowest BCUT2D eigenvalue weighted by Gasteiger charge is -2.18. The zero-order chi connectivity index (χ0) is 57.1. The second-order valence-electron chi connectivity index (χ2n) is 21.6. The normalized spacial score (nSPS) is 12.9. The molecule has 6 heteroatoms. The Kier molecular flexibility index (Phi) is 62.8. The van der Waals surface area contributed by atoms with Gasteiger partial charge >= 0.3 is 17.9 Å². The topological polar surface area (TPSA) is 78.9 Å². The molecule has 0 bridgehead atoms. The maximum absolute atomic E-state index is 12.9. The quantitative estimate of drug-likeness (QED) is 0.0261. The number of carbonyl (C=O) groups is 3. The summed E-state index contributed by atoms with van der Waals surface area (Å²) in [6.07, 6.45) is 92.5. The molecule has 79 heavy (non-hydrogen) atoms. The van der Waals surface area contributed by atoms with E-state index in [0.717, 1.165) is 96.3 Å². The van der Waals surface area contributed by atoms with Crippen LogP contribution in [0.4, 0.5) is 0 Å². The first-order valence-corrected chi connectivity index (χ1v) is 33.0. The van der Waals surface area contributed by atoms with Crippen LogP contribution >= 0.6 is 0 Å². The van der Waals surface area contributed by atoms with Gasteiger partial charge < -0.3 is 14.2 Å². The number of allylic oxidation sites excluding steroid dienone is 20. The van der Waals surface area contributed by atoms with Crippen LogP contribution in [0.5, 0.6) is 0 Å². The van der Waals surface area contributed by atoms with Crippen LogP contribution < -0.4 is 0 Å².